The first-order chi connectivity index (χ1) is 12.5. The summed E-state index contributed by atoms with van der Waals surface area (Å²) in [5.74, 6) is 2.02. The molecule has 1 aromatic rings. The Bertz CT molecular complexity index is 558. The monoisotopic (exact) mass is 383 g/mol. The Hall–Kier alpha value is -1.28. The zero-order chi connectivity index (χ0) is 18.9. The molecule has 0 aliphatic carbocycles. The molecule has 1 N–H and O–H groups in total. The Morgan fingerprint density at radius 2 is 1.96 bits per heavy atom. The highest BCUT2D eigenvalue weighted by Crippen LogP contribution is 2.22. The van der Waals surface area contributed by atoms with Gasteiger partial charge < -0.3 is 15.0 Å². The van der Waals surface area contributed by atoms with Crippen molar-refractivity contribution >= 4 is 23.6 Å². The minimum absolute atomic E-state index is 0.0608. The number of thioether (sulfide) groups is 1. The number of anilines is 1. The maximum Gasteiger partial charge on any atom is 0.230 e. The predicted molar refractivity (Wildman–Crippen MR) is 106 cm³/mol. The van der Waals surface area contributed by atoms with Gasteiger partial charge in [-0.05, 0) is 26.2 Å². The molecule has 148 valence electrons. The van der Waals surface area contributed by atoms with Crippen LogP contribution in [-0.4, -0.2) is 58.8 Å². The number of nitrogens with one attached hydrogen (secondary N) is 1. The Kier molecular flexibility index (Phi) is 8.71. The molecule has 1 aliphatic heterocycles. The zero-order valence-corrected chi connectivity index (χ0v) is 17.3. The van der Waals surface area contributed by atoms with Crippen LogP contribution in [0.15, 0.2) is 5.16 Å². The van der Waals surface area contributed by atoms with Crippen molar-refractivity contribution in [3.8, 4) is 0 Å². The van der Waals surface area contributed by atoms with Crippen LogP contribution < -0.4 is 10.2 Å². The van der Waals surface area contributed by atoms with E-state index in [1.54, 1.807) is 0 Å². The van der Waals surface area contributed by atoms with Crippen LogP contribution >= 0.6 is 11.8 Å². The number of nitrogens with zero attached hydrogens (tertiary/aromatic N) is 4. The number of aromatic nitrogens is 3. The Labute approximate surface area is 161 Å². The highest BCUT2D eigenvalue weighted by Gasteiger charge is 2.20. The molecule has 1 saturated heterocycles. The smallest absolute Gasteiger partial charge is 0.230 e. The summed E-state index contributed by atoms with van der Waals surface area (Å²) in [4.78, 5) is 14.4. The van der Waals surface area contributed by atoms with Crippen LogP contribution in [0.2, 0.25) is 0 Å². The summed E-state index contributed by atoms with van der Waals surface area (Å²) in [6.45, 7) is 12.5. The number of morpholine rings is 1. The van der Waals surface area contributed by atoms with Crippen LogP contribution in [0.5, 0.6) is 0 Å². The van der Waals surface area contributed by atoms with Crippen molar-refractivity contribution in [1.82, 2.24) is 20.1 Å². The maximum absolute atomic E-state index is 12.2. The number of carbonyl (C=O) groups is 1. The van der Waals surface area contributed by atoms with Gasteiger partial charge in [0.1, 0.15) is 0 Å². The first-order valence-electron chi connectivity index (χ1n) is 9.69. The minimum Gasteiger partial charge on any atom is -0.378 e. The fraction of sp³-hybridized carbons (Fsp3) is 0.833. The third kappa shape index (κ3) is 6.46. The summed E-state index contributed by atoms with van der Waals surface area (Å²) in [5, 5.41) is 12.5. The third-order valence-electron chi connectivity index (χ3n) is 4.47. The predicted octanol–water partition coefficient (Wildman–Crippen LogP) is 2.56. The van der Waals surface area contributed by atoms with E-state index in [1.807, 2.05) is 0 Å². The van der Waals surface area contributed by atoms with Gasteiger partial charge in [0.05, 0.1) is 19.0 Å². The molecular weight excluding hydrogens is 350 g/mol. The molecule has 7 nitrogen and oxygen atoms in total. The van der Waals surface area contributed by atoms with Crippen LogP contribution in [0.1, 0.15) is 47.0 Å². The lowest BCUT2D eigenvalue weighted by molar-refractivity contribution is -0.119. The van der Waals surface area contributed by atoms with Crippen LogP contribution in [0.25, 0.3) is 0 Å². The molecule has 8 heteroatoms. The molecule has 0 aromatic carbocycles. The lowest BCUT2D eigenvalue weighted by atomic mass is 10.0. The Morgan fingerprint density at radius 3 is 2.62 bits per heavy atom. The molecule has 1 aliphatic rings. The third-order valence-corrected chi connectivity index (χ3v) is 5.43. The highest BCUT2D eigenvalue weighted by molar-refractivity contribution is 7.99. The van der Waals surface area contributed by atoms with Crippen LogP contribution in [0, 0.1) is 5.92 Å². The van der Waals surface area contributed by atoms with Crippen molar-refractivity contribution < 1.29 is 9.53 Å². The molecule has 0 radical (unpaired) electrons. The molecule has 2 heterocycles. The SMILES string of the molecule is CCn1c(SCC(=O)NC(C)CCCC(C)C)nnc1N1CCOCC1. The lowest BCUT2D eigenvalue weighted by Crippen LogP contribution is -2.38. The average Bonchev–Trinajstić information content (AvgIpc) is 3.03. The second kappa shape index (κ2) is 10.8. The fourth-order valence-corrected chi connectivity index (χ4v) is 3.82. The Balaban J connectivity index is 1.81. The summed E-state index contributed by atoms with van der Waals surface area (Å²) in [6, 6.07) is 0.217. The van der Waals surface area contributed by atoms with Gasteiger partial charge in [-0.2, -0.15) is 0 Å². The van der Waals surface area contributed by atoms with Crippen LogP contribution in [-0.2, 0) is 16.1 Å². The lowest BCUT2D eigenvalue weighted by Gasteiger charge is -2.27. The highest BCUT2D eigenvalue weighted by atomic mass is 32.2. The number of ether oxygens (including phenoxy) is 1. The molecule has 2 rings (SSSR count). The van der Waals surface area contributed by atoms with Gasteiger partial charge in [-0.3, -0.25) is 9.36 Å². The zero-order valence-electron chi connectivity index (χ0n) is 16.5. The summed E-state index contributed by atoms with van der Waals surface area (Å²) in [5.41, 5.74) is 0. The molecule has 26 heavy (non-hydrogen) atoms. The van der Waals surface area contributed by atoms with Crippen molar-refractivity contribution in [1.29, 1.82) is 0 Å². The van der Waals surface area contributed by atoms with E-state index in [0.29, 0.717) is 5.75 Å². The van der Waals surface area contributed by atoms with Gasteiger partial charge >= 0.3 is 0 Å². The van der Waals surface area contributed by atoms with E-state index >= 15 is 0 Å². The van der Waals surface area contributed by atoms with Gasteiger partial charge in [-0.25, -0.2) is 0 Å². The molecule has 1 unspecified atom stereocenters. The fourth-order valence-electron chi connectivity index (χ4n) is 3.01. The average molecular weight is 384 g/mol. The van der Waals surface area contributed by atoms with Gasteiger partial charge in [0.2, 0.25) is 11.9 Å². The van der Waals surface area contributed by atoms with E-state index in [1.165, 1.54) is 18.2 Å². The first-order valence-corrected chi connectivity index (χ1v) is 10.7. The largest absolute Gasteiger partial charge is 0.378 e. The van der Waals surface area contributed by atoms with E-state index in [2.05, 4.69) is 52.7 Å². The van der Waals surface area contributed by atoms with Crippen molar-refractivity contribution in [3.05, 3.63) is 0 Å². The van der Waals surface area contributed by atoms with Crippen molar-refractivity contribution in [3.63, 3.8) is 0 Å². The number of amides is 1. The summed E-state index contributed by atoms with van der Waals surface area (Å²) >= 11 is 1.45. The van der Waals surface area contributed by atoms with E-state index in [-0.39, 0.29) is 11.9 Å². The van der Waals surface area contributed by atoms with Gasteiger partial charge in [-0.1, -0.05) is 38.5 Å². The molecule has 1 atom stereocenters. The van der Waals surface area contributed by atoms with Gasteiger partial charge in [-0.15, -0.1) is 10.2 Å². The second-order valence-corrected chi connectivity index (χ2v) is 8.15. The normalized spacial score (nSPS) is 16.1. The molecule has 1 aromatic heterocycles. The topological polar surface area (TPSA) is 72.3 Å². The molecule has 0 saturated carbocycles. The van der Waals surface area contributed by atoms with Gasteiger partial charge in [0.15, 0.2) is 5.16 Å². The number of hydrogen-bond acceptors (Lipinski definition) is 6. The molecular formula is C18H33N5O2S. The van der Waals surface area contributed by atoms with Crippen molar-refractivity contribution in [2.75, 3.05) is 37.0 Å². The number of hydrogen-bond donors (Lipinski definition) is 1. The molecule has 0 spiro atoms. The van der Waals surface area contributed by atoms with Crippen molar-refractivity contribution in [2.45, 2.75) is 64.7 Å². The number of rotatable bonds is 10. The summed E-state index contributed by atoms with van der Waals surface area (Å²) < 4.78 is 7.48. The minimum atomic E-state index is 0.0608. The van der Waals surface area contributed by atoms with Gasteiger partial charge in [0, 0.05) is 25.7 Å². The van der Waals surface area contributed by atoms with Crippen LogP contribution in [0.4, 0.5) is 5.95 Å². The van der Waals surface area contributed by atoms with E-state index in [4.69, 9.17) is 4.74 Å². The van der Waals surface area contributed by atoms with E-state index in [9.17, 15) is 4.79 Å². The molecule has 1 amide bonds. The summed E-state index contributed by atoms with van der Waals surface area (Å²) in [6.07, 6.45) is 3.39. The molecule has 0 bridgehead atoms. The maximum atomic E-state index is 12.2. The quantitative estimate of drug-likeness (QED) is 0.626. The molecule has 1 fully saturated rings. The standard InChI is InChI=1S/C18H33N5O2S/c1-5-23-17(22-9-11-25-12-10-22)20-21-18(23)26-13-16(24)19-15(4)8-6-7-14(2)3/h14-15H,5-13H2,1-4H3,(H,19,24). The van der Waals surface area contributed by atoms with Crippen LogP contribution in [0.3, 0.4) is 0 Å². The van der Waals surface area contributed by atoms with Gasteiger partial charge in [0.25, 0.3) is 0 Å². The van der Waals surface area contributed by atoms with E-state index < -0.39 is 0 Å². The number of carbonyl (C=O) groups excluding carboxylic acids is 1. The second-order valence-electron chi connectivity index (χ2n) is 7.21. The Morgan fingerprint density at radius 1 is 1.23 bits per heavy atom. The first kappa shape index (κ1) is 21.0. The summed E-state index contributed by atoms with van der Waals surface area (Å²) in [7, 11) is 0. The van der Waals surface area contributed by atoms with Crippen molar-refractivity contribution in [2.24, 2.45) is 5.92 Å². The van der Waals surface area contributed by atoms with E-state index in [0.717, 1.165) is 62.7 Å².